The molecule has 0 radical (unpaired) electrons. The number of benzene rings is 1. The van der Waals surface area contributed by atoms with Gasteiger partial charge in [-0.25, -0.2) is 0 Å². The lowest BCUT2D eigenvalue weighted by molar-refractivity contribution is 0.866. The van der Waals surface area contributed by atoms with Crippen LogP contribution in [0.2, 0.25) is 0 Å². The predicted molar refractivity (Wildman–Crippen MR) is 87.4 cm³/mol. The van der Waals surface area contributed by atoms with Gasteiger partial charge < -0.3 is 0 Å². The minimum Gasteiger partial charge on any atom is -0.0876 e. The average molecular weight is 254 g/mol. The maximum absolute atomic E-state index is 2.30. The van der Waals surface area contributed by atoms with Gasteiger partial charge in [-0.05, 0) is 42.9 Å². The summed E-state index contributed by atoms with van der Waals surface area (Å²) < 4.78 is 0. The maximum Gasteiger partial charge on any atom is -0.0181 e. The number of allylic oxidation sites excluding steroid dienone is 6. The van der Waals surface area contributed by atoms with Gasteiger partial charge in [-0.2, -0.15) is 0 Å². The lowest BCUT2D eigenvalue weighted by Crippen LogP contribution is -1.90. The highest BCUT2D eigenvalue weighted by atomic mass is 14.1. The van der Waals surface area contributed by atoms with Crippen LogP contribution in [0.4, 0.5) is 0 Å². The number of hydrogen-bond donors (Lipinski definition) is 0. The molecule has 0 heterocycles. The van der Waals surface area contributed by atoms with E-state index in [2.05, 4.69) is 83.2 Å². The van der Waals surface area contributed by atoms with Gasteiger partial charge in [0, 0.05) is 0 Å². The van der Waals surface area contributed by atoms with Crippen molar-refractivity contribution in [3.63, 3.8) is 0 Å². The van der Waals surface area contributed by atoms with Crippen LogP contribution >= 0.6 is 0 Å². The van der Waals surface area contributed by atoms with Crippen molar-refractivity contribution in [2.75, 3.05) is 0 Å². The van der Waals surface area contributed by atoms with Gasteiger partial charge in [0.25, 0.3) is 0 Å². The lowest BCUT2D eigenvalue weighted by atomic mass is 9.96. The third kappa shape index (κ3) is 4.90. The molecule has 102 valence electrons. The molecule has 0 fully saturated rings. The minimum atomic E-state index is 0.569. The fourth-order valence-electron chi connectivity index (χ4n) is 1.87. The molecule has 0 aliphatic rings. The average Bonchev–Trinajstić information content (AvgIpc) is 2.43. The van der Waals surface area contributed by atoms with Crippen molar-refractivity contribution in [1.82, 2.24) is 0 Å². The molecule has 19 heavy (non-hydrogen) atoms. The van der Waals surface area contributed by atoms with Crippen molar-refractivity contribution >= 4 is 5.57 Å². The molecule has 0 heteroatoms. The molecule has 0 unspecified atom stereocenters. The predicted octanol–water partition coefficient (Wildman–Crippen LogP) is 6.13. The molecule has 0 amide bonds. The Bertz CT molecular complexity index is 485. The van der Waals surface area contributed by atoms with E-state index >= 15 is 0 Å². The zero-order valence-electron chi connectivity index (χ0n) is 12.9. The summed E-state index contributed by atoms with van der Waals surface area (Å²) in [6.07, 6.45) is 9.76. The number of hydrogen-bond acceptors (Lipinski definition) is 0. The first-order chi connectivity index (χ1) is 9.08. The van der Waals surface area contributed by atoms with Gasteiger partial charge in [0.05, 0.1) is 0 Å². The highest BCUT2D eigenvalue weighted by molar-refractivity contribution is 5.76. The summed E-state index contributed by atoms with van der Waals surface area (Å²) in [5.74, 6) is 0.569. The molecule has 0 saturated heterocycles. The quantitative estimate of drug-likeness (QED) is 0.555. The van der Waals surface area contributed by atoms with E-state index in [9.17, 15) is 0 Å². The molecule has 0 saturated carbocycles. The van der Waals surface area contributed by atoms with Gasteiger partial charge in [-0.1, -0.05) is 74.9 Å². The van der Waals surface area contributed by atoms with Crippen LogP contribution in [-0.4, -0.2) is 0 Å². The Morgan fingerprint density at radius 2 is 2.00 bits per heavy atom. The van der Waals surface area contributed by atoms with E-state index in [0.29, 0.717) is 5.92 Å². The zero-order chi connectivity index (χ0) is 14.3. The minimum absolute atomic E-state index is 0.569. The summed E-state index contributed by atoms with van der Waals surface area (Å²) in [6.45, 7) is 10.9. The molecule has 0 aliphatic carbocycles. The van der Waals surface area contributed by atoms with E-state index < -0.39 is 0 Å². The van der Waals surface area contributed by atoms with Gasteiger partial charge in [0.2, 0.25) is 0 Å². The van der Waals surface area contributed by atoms with Crippen molar-refractivity contribution in [3.8, 4) is 0 Å². The van der Waals surface area contributed by atoms with E-state index in [1.807, 2.05) is 0 Å². The van der Waals surface area contributed by atoms with Crippen LogP contribution < -0.4 is 0 Å². The first kappa shape index (κ1) is 15.5. The van der Waals surface area contributed by atoms with E-state index in [0.717, 1.165) is 6.42 Å². The number of rotatable bonds is 5. The summed E-state index contributed by atoms with van der Waals surface area (Å²) in [6, 6.07) is 8.86. The first-order valence-electron chi connectivity index (χ1n) is 7.19. The van der Waals surface area contributed by atoms with Gasteiger partial charge in [0.1, 0.15) is 0 Å². The summed E-state index contributed by atoms with van der Waals surface area (Å²) in [4.78, 5) is 0. The standard InChI is InChI=1S/C19H26/c1-6-8-10-18(13-16(5)7-2)19-12-9-11-17(14-19)15(3)4/h6,8-15H,7H2,1-5H3/b8-6-,16-13+,18-10+. The van der Waals surface area contributed by atoms with Crippen molar-refractivity contribution in [1.29, 1.82) is 0 Å². The Morgan fingerprint density at radius 3 is 2.58 bits per heavy atom. The molecule has 0 atom stereocenters. The molecule has 0 aromatic heterocycles. The molecule has 0 spiro atoms. The summed E-state index contributed by atoms with van der Waals surface area (Å²) in [5.41, 5.74) is 5.40. The fraction of sp³-hybridized carbons (Fsp3) is 0.368. The molecule has 0 N–H and O–H groups in total. The second-order valence-electron chi connectivity index (χ2n) is 5.27. The third-order valence-corrected chi connectivity index (χ3v) is 3.31. The summed E-state index contributed by atoms with van der Waals surface area (Å²) >= 11 is 0. The third-order valence-electron chi connectivity index (χ3n) is 3.31. The van der Waals surface area contributed by atoms with E-state index in [4.69, 9.17) is 0 Å². The second-order valence-corrected chi connectivity index (χ2v) is 5.27. The monoisotopic (exact) mass is 254 g/mol. The van der Waals surface area contributed by atoms with Crippen molar-refractivity contribution in [2.45, 2.75) is 47.0 Å². The Labute approximate surface area is 118 Å². The highest BCUT2D eigenvalue weighted by Crippen LogP contribution is 2.23. The molecular formula is C19H26. The molecule has 0 nitrogen and oxygen atoms in total. The molecular weight excluding hydrogens is 228 g/mol. The Morgan fingerprint density at radius 1 is 1.26 bits per heavy atom. The van der Waals surface area contributed by atoms with E-state index in [1.54, 1.807) is 0 Å². The maximum atomic E-state index is 2.30. The smallest absolute Gasteiger partial charge is 0.0181 e. The topological polar surface area (TPSA) is 0 Å². The molecule has 1 aromatic rings. The Hall–Kier alpha value is -1.56. The molecule has 0 aliphatic heterocycles. The van der Waals surface area contributed by atoms with Crippen LogP contribution in [0.15, 0.2) is 54.1 Å². The van der Waals surface area contributed by atoms with Crippen LogP contribution in [0.3, 0.4) is 0 Å². The Kier molecular flexibility index (Phi) is 6.35. The zero-order valence-corrected chi connectivity index (χ0v) is 12.9. The van der Waals surface area contributed by atoms with Crippen LogP contribution in [-0.2, 0) is 0 Å². The van der Waals surface area contributed by atoms with Crippen molar-refractivity contribution in [2.24, 2.45) is 0 Å². The van der Waals surface area contributed by atoms with E-state index in [1.165, 1.54) is 22.3 Å². The van der Waals surface area contributed by atoms with Crippen LogP contribution in [0.1, 0.15) is 58.1 Å². The lowest BCUT2D eigenvalue weighted by Gasteiger charge is -2.09. The largest absolute Gasteiger partial charge is 0.0876 e. The van der Waals surface area contributed by atoms with Gasteiger partial charge in [-0.15, -0.1) is 0 Å². The van der Waals surface area contributed by atoms with Crippen LogP contribution in [0.25, 0.3) is 5.57 Å². The summed E-state index contributed by atoms with van der Waals surface area (Å²) in [7, 11) is 0. The van der Waals surface area contributed by atoms with Gasteiger partial charge in [0.15, 0.2) is 0 Å². The van der Waals surface area contributed by atoms with Gasteiger partial charge >= 0.3 is 0 Å². The first-order valence-corrected chi connectivity index (χ1v) is 7.19. The summed E-state index contributed by atoms with van der Waals surface area (Å²) in [5, 5.41) is 0. The highest BCUT2D eigenvalue weighted by Gasteiger charge is 2.03. The molecule has 1 aromatic carbocycles. The normalized spacial score (nSPS) is 13.6. The second kappa shape index (κ2) is 7.78. The molecule has 1 rings (SSSR count). The SMILES string of the molecule is C\C=C/C=C(\C=C(/C)CC)c1cccc(C(C)C)c1. The Balaban J connectivity index is 3.21. The van der Waals surface area contributed by atoms with Gasteiger partial charge in [-0.3, -0.25) is 0 Å². The van der Waals surface area contributed by atoms with Crippen LogP contribution in [0, 0.1) is 0 Å². The van der Waals surface area contributed by atoms with E-state index in [-0.39, 0.29) is 0 Å². The van der Waals surface area contributed by atoms with Crippen molar-refractivity contribution in [3.05, 3.63) is 65.3 Å². The van der Waals surface area contributed by atoms with Crippen molar-refractivity contribution < 1.29 is 0 Å². The van der Waals surface area contributed by atoms with Crippen LogP contribution in [0.5, 0.6) is 0 Å². The molecule has 0 bridgehead atoms. The fourth-order valence-corrected chi connectivity index (χ4v) is 1.87.